The van der Waals surface area contributed by atoms with E-state index < -0.39 is 0 Å². The Balaban J connectivity index is 2.17. The van der Waals surface area contributed by atoms with E-state index in [1.165, 1.54) is 0 Å². The molecule has 4 nitrogen and oxygen atoms in total. The predicted molar refractivity (Wildman–Crippen MR) is 46.9 cm³/mol. The fraction of sp³-hybridized carbons (Fsp3) is 0.778. The molecule has 0 aromatic rings. The van der Waals surface area contributed by atoms with Crippen molar-refractivity contribution < 1.29 is 9.59 Å². The summed E-state index contributed by atoms with van der Waals surface area (Å²) in [6.45, 7) is 1.62. The standard InChI is InChI=1S/C9H14N2O2/c12-7-2-1-3-9(8(13)11-7)4-5-10-6-9/h10H,1-6H2,(H,11,12,13). The first-order chi connectivity index (χ1) is 6.23. The van der Waals surface area contributed by atoms with Gasteiger partial charge in [-0.25, -0.2) is 0 Å². The van der Waals surface area contributed by atoms with Crippen LogP contribution >= 0.6 is 0 Å². The van der Waals surface area contributed by atoms with E-state index >= 15 is 0 Å². The fourth-order valence-electron chi connectivity index (χ4n) is 2.17. The number of carbonyl (C=O) groups excluding carboxylic acids is 2. The normalized spacial score (nSPS) is 34.8. The maximum absolute atomic E-state index is 11.7. The summed E-state index contributed by atoms with van der Waals surface area (Å²) in [5.41, 5.74) is -0.286. The minimum absolute atomic E-state index is 0.0694. The second-order valence-electron chi connectivity index (χ2n) is 3.94. The van der Waals surface area contributed by atoms with Gasteiger partial charge in [0.05, 0.1) is 5.41 Å². The summed E-state index contributed by atoms with van der Waals surface area (Å²) in [6, 6.07) is 0. The Morgan fingerprint density at radius 3 is 2.77 bits per heavy atom. The summed E-state index contributed by atoms with van der Waals surface area (Å²) in [6.07, 6.45) is 3.04. The Hall–Kier alpha value is -0.900. The summed E-state index contributed by atoms with van der Waals surface area (Å²) >= 11 is 0. The van der Waals surface area contributed by atoms with Gasteiger partial charge in [-0.2, -0.15) is 0 Å². The van der Waals surface area contributed by atoms with E-state index in [0.717, 1.165) is 32.4 Å². The van der Waals surface area contributed by atoms with Gasteiger partial charge in [0, 0.05) is 13.0 Å². The topological polar surface area (TPSA) is 58.2 Å². The molecule has 4 heteroatoms. The number of amides is 2. The van der Waals surface area contributed by atoms with E-state index in [1.807, 2.05) is 0 Å². The van der Waals surface area contributed by atoms with Crippen molar-refractivity contribution in [3.63, 3.8) is 0 Å². The van der Waals surface area contributed by atoms with E-state index in [9.17, 15) is 9.59 Å². The lowest BCUT2D eigenvalue weighted by Gasteiger charge is -2.23. The fourth-order valence-corrected chi connectivity index (χ4v) is 2.17. The smallest absolute Gasteiger partial charge is 0.234 e. The molecule has 2 heterocycles. The average Bonchev–Trinajstić information content (AvgIpc) is 2.48. The van der Waals surface area contributed by atoms with Gasteiger partial charge in [-0.3, -0.25) is 14.9 Å². The molecule has 2 rings (SSSR count). The zero-order chi connectivity index (χ0) is 9.31. The monoisotopic (exact) mass is 182 g/mol. The van der Waals surface area contributed by atoms with Crippen LogP contribution in [0.3, 0.4) is 0 Å². The van der Waals surface area contributed by atoms with Gasteiger partial charge in [0.25, 0.3) is 0 Å². The number of nitrogens with one attached hydrogen (secondary N) is 2. The van der Waals surface area contributed by atoms with Crippen LogP contribution in [0.5, 0.6) is 0 Å². The van der Waals surface area contributed by atoms with E-state index in [2.05, 4.69) is 10.6 Å². The molecule has 2 amide bonds. The van der Waals surface area contributed by atoms with Crippen LogP contribution in [0.1, 0.15) is 25.7 Å². The summed E-state index contributed by atoms with van der Waals surface area (Å²) in [4.78, 5) is 22.8. The summed E-state index contributed by atoms with van der Waals surface area (Å²) in [7, 11) is 0. The Kier molecular flexibility index (Phi) is 2.07. The molecular formula is C9H14N2O2. The Morgan fingerprint density at radius 2 is 2.08 bits per heavy atom. The predicted octanol–water partition coefficient (Wildman–Crippen LogP) is -0.207. The van der Waals surface area contributed by atoms with Crippen LogP contribution in [0.25, 0.3) is 0 Å². The highest BCUT2D eigenvalue weighted by atomic mass is 16.2. The van der Waals surface area contributed by atoms with Crippen molar-refractivity contribution in [3.05, 3.63) is 0 Å². The highest BCUT2D eigenvalue weighted by Gasteiger charge is 2.42. The zero-order valence-corrected chi connectivity index (χ0v) is 7.56. The van der Waals surface area contributed by atoms with E-state index in [-0.39, 0.29) is 17.2 Å². The molecule has 2 saturated heterocycles. The molecule has 2 N–H and O–H groups in total. The number of rotatable bonds is 0. The van der Waals surface area contributed by atoms with Gasteiger partial charge in [-0.1, -0.05) is 0 Å². The molecule has 0 radical (unpaired) electrons. The molecule has 72 valence electrons. The van der Waals surface area contributed by atoms with Gasteiger partial charge in [0.1, 0.15) is 0 Å². The molecule has 0 aliphatic carbocycles. The third-order valence-electron chi connectivity index (χ3n) is 3.04. The highest BCUT2D eigenvalue weighted by molar-refractivity contribution is 5.99. The molecular weight excluding hydrogens is 168 g/mol. The Bertz CT molecular complexity index is 244. The maximum Gasteiger partial charge on any atom is 0.234 e. The van der Waals surface area contributed by atoms with Gasteiger partial charge in [-0.05, 0) is 25.8 Å². The van der Waals surface area contributed by atoms with Gasteiger partial charge < -0.3 is 5.32 Å². The second-order valence-corrected chi connectivity index (χ2v) is 3.94. The number of hydrogen-bond acceptors (Lipinski definition) is 3. The molecule has 1 spiro atoms. The third-order valence-corrected chi connectivity index (χ3v) is 3.04. The molecule has 0 aromatic carbocycles. The minimum Gasteiger partial charge on any atom is -0.316 e. The first kappa shape index (κ1) is 8.69. The van der Waals surface area contributed by atoms with Crippen molar-refractivity contribution in [1.82, 2.24) is 10.6 Å². The molecule has 0 bridgehead atoms. The van der Waals surface area contributed by atoms with E-state index in [1.54, 1.807) is 0 Å². The SMILES string of the molecule is O=C1CCCC2(CCNC2)C(=O)N1. The molecule has 2 aliphatic rings. The van der Waals surface area contributed by atoms with Crippen LogP contribution in [0.2, 0.25) is 0 Å². The molecule has 0 saturated carbocycles. The van der Waals surface area contributed by atoms with Gasteiger partial charge in [-0.15, -0.1) is 0 Å². The van der Waals surface area contributed by atoms with Gasteiger partial charge in [0.2, 0.25) is 11.8 Å². The van der Waals surface area contributed by atoms with Crippen molar-refractivity contribution in [2.24, 2.45) is 5.41 Å². The third kappa shape index (κ3) is 1.46. The van der Waals surface area contributed by atoms with Crippen LogP contribution in [0.15, 0.2) is 0 Å². The summed E-state index contributed by atoms with van der Waals surface area (Å²) in [5.74, 6) is -0.186. The molecule has 0 aromatic heterocycles. The van der Waals surface area contributed by atoms with Crippen molar-refractivity contribution in [1.29, 1.82) is 0 Å². The average molecular weight is 182 g/mol. The van der Waals surface area contributed by atoms with Crippen molar-refractivity contribution in [3.8, 4) is 0 Å². The molecule has 1 atom stereocenters. The lowest BCUT2D eigenvalue weighted by molar-refractivity contribution is -0.134. The first-order valence-corrected chi connectivity index (χ1v) is 4.78. The molecule has 13 heavy (non-hydrogen) atoms. The Morgan fingerprint density at radius 1 is 1.23 bits per heavy atom. The van der Waals surface area contributed by atoms with Crippen molar-refractivity contribution in [2.75, 3.05) is 13.1 Å². The second kappa shape index (κ2) is 3.10. The van der Waals surface area contributed by atoms with Gasteiger partial charge >= 0.3 is 0 Å². The quantitative estimate of drug-likeness (QED) is 0.510. The lowest BCUT2D eigenvalue weighted by Crippen LogP contribution is -2.42. The van der Waals surface area contributed by atoms with Crippen LogP contribution < -0.4 is 10.6 Å². The van der Waals surface area contributed by atoms with Crippen molar-refractivity contribution in [2.45, 2.75) is 25.7 Å². The van der Waals surface area contributed by atoms with E-state index in [4.69, 9.17) is 0 Å². The van der Waals surface area contributed by atoms with E-state index in [0.29, 0.717) is 6.42 Å². The summed E-state index contributed by atoms with van der Waals surface area (Å²) < 4.78 is 0. The highest BCUT2D eigenvalue weighted by Crippen LogP contribution is 2.33. The van der Waals surface area contributed by atoms with Gasteiger partial charge in [0.15, 0.2) is 0 Å². The number of hydrogen-bond donors (Lipinski definition) is 2. The van der Waals surface area contributed by atoms with Crippen LogP contribution in [-0.2, 0) is 9.59 Å². The minimum atomic E-state index is -0.286. The zero-order valence-electron chi connectivity index (χ0n) is 7.56. The first-order valence-electron chi connectivity index (χ1n) is 4.78. The lowest BCUT2D eigenvalue weighted by atomic mass is 9.82. The Labute approximate surface area is 77.1 Å². The van der Waals surface area contributed by atoms with Crippen molar-refractivity contribution >= 4 is 11.8 Å². The van der Waals surface area contributed by atoms with Crippen LogP contribution in [0, 0.1) is 5.41 Å². The van der Waals surface area contributed by atoms with Crippen LogP contribution in [-0.4, -0.2) is 24.9 Å². The summed E-state index contributed by atoms with van der Waals surface area (Å²) in [5, 5.41) is 5.64. The molecule has 2 aliphatic heterocycles. The molecule has 2 fully saturated rings. The number of carbonyl (C=O) groups is 2. The maximum atomic E-state index is 11.7. The largest absolute Gasteiger partial charge is 0.316 e. The molecule has 1 unspecified atom stereocenters. The van der Waals surface area contributed by atoms with Crippen LogP contribution in [0.4, 0.5) is 0 Å². The number of imide groups is 1.